The molecule has 1 fully saturated rings. The van der Waals surface area contributed by atoms with Crippen LogP contribution in [0.15, 0.2) is 43.1 Å². The number of aryl methyl sites for hydroxylation is 1. The van der Waals surface area contributed by atoms with Crippen LogP contribution in [-0.4, -0.2) is 68.6 Å². The number of aromatic nitrogens is 5. The molecular formula is C19H21N7O2. The number of rotatable bonds is 4. The minimum atomic E-state index is -0.0676. The van der Waals surface area contributed by atoms with E-state index >= 15 is 0 Å². The number of hydrogen-bond donors (Lipinski definition) is 0. The molecule has 0 bridgehead atoms. The number of methoxy groups -OCH3 is 1. The third kappa shape index (κ3) is 3.38. The Kier molecular flexibility index (Phi) is 4.88. The van der Waals surface area contributed by atoms with E-state index in [-0.39, 0.29) is 5.91 Å². The van der Waals surface area contributed by atoms with Crippen molar-refractivity contribution in [3.05, 3.63) is 54.5 Å². The third-order valence-electron chi connectivity index (χ3n) is 4.80. The van der Waals surface area contributed by atoms with E-state index in [1.807, 2.05) is 28.7 Å². The molecule has 0 unspecified atom stereocenters. The van der Waals surface area contributed by atoms with E-state index in [9.17, 15) is 4.79 Å². The smallest absolute Gasteiger partial charge is 0.259 e. The van der Waals surface area contributed by atoms with Gasteiger partial charge in [-0.05, 0) is 19.1 Å². The normalized spacial score (nSPS) is 14.2. The Morgan fingerprint density at radius 1 is 1.04 bits per heavy atom. The zero-order valence-corrected chi connectivity index (χ0v) is 15.8. The SMILES string of the molecule is COc1ncccc1C(=O)N1CCN(c2cc(-n3ccnc3C)ncn2)CC1. The number of hydrogen-bond acceptors (Lipinski definition) is 7. The number of anilines is 1. The van der Waals surface area contributed by atoms with Gasteiger partial charge in [0.2, 0.25) is 5.88 Å². The van der Waals surface area contributed by atoms with Gasteiger partial charge in [-0.3, -0.25) is 9.36 Å². The molecule has 0 atom stereocenters. The van der Waals surface area contributed by atoms with E-state index in [2.05, 4.69) is 24.8 Å². The summed E-state index contributed by atoms with van der Waals surface area (Å²) in [5, 5.41) is 0. The number of carbonyl (C=O) groups excluding carboxylic acids is 1. The second kappa shape index (κ2) is 7.63. The van der Waals surface area contributed by atoms with Crippen molar-refractivity contribution in [1.29, 1.82) is 0 Å². The molecule has 9 nitrogen and oxygen atoms in total. The molecule has 9 heteroatoms. The molecule has 4 rings (SSSR count). The maximum absolute atomic E-state index is 12.8. The van der Waals surface area contributed by atoms with Crippen molar-refractivity contribution < 1.29 is 9.53 Å². The molecule has 1 aliphatic heterocycles. The molecule has 0 saturated carbocycles. The molecule has 0 aliphatic carbocycles. The predicted octanol–water partition coefficient (Wildman–Crippen LogP) is 1.34. The van der Waals surface area contributed by atoms with E-state index in [0.29, 0.717) is 37.6 Å². The fraction of sp³-hybridized carbons (Fsp3) is 0.316. The second-order valence-electron chi connectivity index (χ2n) is 6.42. The zero-order valence-electron chi connectivity index (χ0n) is 15.8. The van der Waals surface area contributed by atoms with Crippen molar-refractivity contribution in [3.8, 4) is 11.7 Å². The average Bonchev–Trinajstić information content (AvgIpc) is 3.19. The van der Waals surface area contributed by atoms with Crippen molar-refractivity contribution in [3.63, 3.8) is 0 Å². The molecule has 0 spiro atoms. The Morgan fingerprint density at radius 3 is 2.54 bits per heavy atom. The van der Waals surface area contributed by atoms with Crippen LogP contribution in [0.25, 0.3) is 5.82 Å². The summed E-state index contributed by atoms with van der Waals surface area (Å²) in [5.74, 6) is 2.77. The second-order valence-corrected chi connectivity index (χ2v) is 6.42. The van der Waals surface area contributed by atoms with E-state index < -0.39 is 0 Å². The van der Waals surface area contributed by atoms with Crippen LogP contribution in [0.4, 0.5) is 5.82 Å². The summed E-state index contributed by atoms with van der Waals surface area (Å²) in [6.07, 6.45) is 6.79. The summed E-state index contributed by atoms with van der Waals surface area (Å²) in [5.41, 5.74) is 0.485. The Bertz CT molecular complexity index is 980. The first-order valence-electron chi connectivity index (χ1n) is 9.03. The lowest BCUT2D eigenvalue weighted by Gasteiger charge is -2.35. The summed E-state index contributed by atoms with van der Waals surface area (Å²) in [4.78, 5) is 33.9. The van der Waals surface area contributed by atoms with Gasteiger partial charge in [0.05, 0.1) is 7.11 Å². The summed E-state index contributed by atoms with van der Waals surface area (Å²) in [6, 6.07) is 5.42. The van der Waals surface area contributed by atoms with Crippen molar-refractivity contribution >= 4 is 11.7 Å². The lowest BCUT2D eigenvalue weighted by atomic mass is 10.2. The molecule has 0 N–H and O–H groups in total. The van der Waals surface area contributed by atoms with Crippen LogP contribution in [0, 0.1) is 6.92 Å². The minimum absolute atomic E-state index is 0.0676. The minimum Gasteiger partial charge on any atom is -0.480 e. The van der Waals surface area contributed by atoms with Gasteiger partial charge in [-0.1, -0.05) is 0 Å². The van der Waals surface area contributed by atoms with Crippen LogP contribution < -0.4 is 9.64 Å². The number of imidazole rings is 1. The van der Waals surface area contributed by atoms with Crippen LogP contribution in [0.2, 0.25) is 0 Å². The summed E-state index contributed by atoms with van der Waals surface area (Å²) < 4.78 is 7.13. The van der Waals surface area contributed by atoms with Crippen LogP contribution in [-0.2, 0) is 0 Å². The number of amides is 1. The number of piperazine rings is 1. The van der Waals surface area contributed by atoms with Crippen molar-refractivity contribution in [2.75, 3.05) is 38.2 Å². The fourth-order valence-electron chi connectivity index (χ4n) is 3.29. The van der Waals surface area contributed by atoms with Crippen molar-refractivity contribution in [2.45, 2.75) is 6.92 Å². The lowest BCUT2D eigenvalue weighted by Crippen LogP contribution is -2.49. The number of pyridine rings is 1. The van der Waals surface area contributed by atoms with Crippen LogP contribution in [0.1, 0.15) is 16.2 Å². The average molecular weight is 379 g/mol. The Morgan fingerprint density at radius 2 is 1.82 bits per heavy atom. The van der Waals surface area contributed by atoms with E-state index in [4.69, 9.17) is 4.74 Å². The van der Waals surface area contributed by atoms with Gasteiger partial charge in [0.15, 0.2) is 0 Å². The van der Waals surface area contributed by atoms with Gasteiger partial charge in [0, 0.05) is 50.8 Å². The molecule has 4 heterocycles. The highest BCUT2D eigenvalue weighted by molar-refractivity contribution is 5.96. The molecular weight excluding hydrogens is 358 g/mol. The molecule has 144 valence electrons. The molecule has 28 heavy (non-hydrogen) atoms. The number of carbonyl (C=O) groups is 1. The van der Waals surface area contributed by atoms with Gasteiger partial charge in [-0.15, -0.1) is 0 Å². The molecule has 0 radical (unpaired) electrons. The summed E-state index contributed by atoms with van der Waals surface area (Å²) >= 11 is 0. The lowest BCUT2D eigenvalue weighted by molar-refractivity contribution is 0.0742. The first-order valence-corrected chi connectivity index (χ1v) is 9.03. The number of ether oxygens (including phenoxy) is 1. The summed E-state index contributed by atoms with van der Waals surface area (Å²) in [7, 11) is 1.52. The van der Waals surface area contributed by atoms with Gasteiger partial charge in [-0.25, -0.2) is 19.9 Å². The quantitative estimate of drug-likeness (QED) is 0.676. The molecule has 0 aromatic carbocycles. The van der Waals surface area contributed by atoms with Gasteiger partial charge in [-0.2, -0.15) is 0 Å². The van der Waals surface area contributed by atoms with E-state index in [1.165, 1.54) is 7.11 Å². The molecule has 3 aromatic rings. The highest BCUT2D eigenvalue weighted by atomic mass is 16.5. The van der Waals surface area contributed by atoms with Crippen molar-refractivity contribution in [1.82, 2.24) is 29.4 Å². The number of nitrogens with zero attached hydrogens (tertiary/aromatic N) is 7. The maximum Gasteiger partial charge on any atom is 0.259 e. The van der Waals surface area contributed by atoms with Gasteiger partial charge >= 0.3 is 0 Å². The highest BCUT2D eigenvalue weighted by Crippen LogP contribution is 2.20. The van der Waals surface area contributed by atoms with Crippen LogP contribution in [0.3, 0.4) is 0 Å². The molecule has 3 aromatic heterocycles. The Labute approximate surface area is 162 Å². The molecule has 1 saturated heterocycles. The molecule has 1 aliphatic rings. The topological polar surface area (TPSA) is 89.3 Å². The third-order valence-corrected chi connectivity index (χ3v) is 4.80. The van der Waals surface area contributed by atoms with Crippen LogP contribution in [0.5, 0.6) is 5.88 Å². The van der Waals surface area contributed by atoms with Gasteiger partial charge < -0.3 is 14.5 Å². The standard InChI is InChI=1S/C19H21N7O2/c1-14-20-6-7-26(14)17-12-16(22-13-23-17)24-8-10-25(11-9-24)19(27)15-4-3-5-21-18(15)28-2/h3-7,12-13H,8-11H2,1-2H3. The largest absolute Gasteiger partial charge is 0.480 e. The highest BCUT2D eigenvalue weighted by Gasteiger charge is 2.25. The first kappa shape index (κ1) is 17.9. The van der Waals surface area contributed by atoms with Crippen molar-refractivity contribution in [2.24, 2.45) is 0 Å². The van der Waals surface area contributed by atoms with Gasteiger partial charge in [0.25, 0.3) is 5.91 Å². The Hall–Kier alpha value is -3.49. The maximum atomic E-state index is 12.8. The predicted molar refractivity (Wildman–Crippen MR) is 103 cm³/mol. The zero-order chi connectivity index (χ0) is 19.5. The monoisotopic (exact) mass is 379 g/mol. The first-order chi connectivity index (χ1) is 13.7. The van der Waals surface area contributed by atoms with E-state index in [0.717, 1.165) is 17.5 Å². The van der Waals surface area contributed by atoms with E-state index in [1.54, 1.807) is 30.9 Å². The Balaban J connectivity index is 1.46. The van der Waals surface area contributed by atoms with Crippen LogP contribution >= 0.6 is 0 Å². The summed E-state index contributed by atoms with van der Waals surface area (Å²) in [6.45, 7) is 4.50. The fourth-order valence-corrected chi connectivity index (χ4v) is 3.29. The molecule has 1 amide bonds. The van der Waals surface area contributed by atoms with Gasteiger partial charge in [0.1, 0.15) is 29.4 Å².